The van der Waals surface area contributed by atoms with Crippen molar-refractivity contribution in [2.45, 2.75) is 19.3 Å². The van der Waals surface area contributed by atoms with Gasteiger partial charge in [-0.05, 0) is 24.3 Å². The molecule has 4 heteroatoms. The smallest absolute Gasteiger partial charge is 0.372 e. The fourth-order valence-corrected chi connectivity index (χ4v) is 1.74. The normalized spacial score (nSPS) is 9.85. The number of rotatable bonds is 5. The van der Waals surface area contributed by atoms with Gasteiger partial charge in [0.05, 0.1) is 0 Å². The molecule has 70 valence electrons. The molecule has 0 saturated carbocycles. The Labute approximate surface area is 80.0 Å². The minimum absolute atomic E-state index is 0.132. The summed E-state index contributed by atoms with van der Waals surface area (Å²) in [5.74, 6) is -2.03. The van der Waals surface area contributed by atoms with Crippen molar-refractivity contribution in [3.63, 3.8) is 0 Å². The van der Waals surface area contributed by atoms with Crippen molar-refractivity contribution in [3.05, 3.63) is 22.4 Å². The van der Waals surface area contributed by atoms with Gasteiger partial charge in [-0.3, -0.25) is 4.79 Å². The highest BCUT2D eigenvalue weighted by Crippen LogP contribution is 2.11. The van der Waals surface area contributed by atoms with Crippen LogP contribution < -0.4 is 0 Å². The predicted octanol–water partition coefficient (Wildman–Crippen LogP) is 1.72. The van der Waals surface area contributed by atoms with Crippen molar-refractivity contribution in [1.82, 2.24) is 0 Å². The standard InChI is InChI=1S/C9H10O3S/c10-8(9(11)12)5-1-3-7-4-2-6-13-7/h2,4,6H,1,3,5H2,(H,11,12). The Bertz CT molecular complexity index is 290. The molecule has 1 aromatic heterocycles. The number of aliphatic carboxylic acids is 1. The first-order valence-corrected chi connectivity index (χ1v) is 4.86. The number of ketones is 1. The molecular weight excluding hydrogens is 188 g/mol. The lowest BCUT2D eigenvalue weighted by molar-refractivity contribution is -0.149. The molecule has 3 nitrogen and oxygen atoms in total. The first-order chi connectivity index (χ1) is 6.20. The predicted molar refractivity (Wildman–Crippen MR) is 49.9 cm³/mol. The van der Waals surface area contributed by atoms with Crippen molar-refractivity contribution < 1.29 is 14.7 Å². The van der Waals surface area contributed by atoms with E-state index >= 15 is 0 Å². The number of Topliss-reactive ketones (excluding diaryl/α,β-unsaturated/α-hetero) is 1. The molecule has 0 unspecified atom stereocenters. The van der Waals surface area contributed by atoms with E-state index in [1.807, 2.05) is 17.5 Å². The van der Waals surface area contributed by atoms with Crippen molar-refractivity contribution in [1.29, 1.82) is 0 Å². The van der Waals surface area contributed by atoms with Crippen LogP contribution in [0.1, 0.15) is 17.7 Å². The summed E-state index contributed by atoms with van der Waals surface area (Å²) in [5.41, 5.74) is 0. The molecule has 1 heterocycles. The lowest BCUT2D eigenvalue weighted by atomic mass is 10.1. The second kappa shape index (κ2) is 4.77. The molecule has 0 amide bonds. The van der Waals surface area contributed by atoms with Crippen molar-refractivity contribution >= 4 is 23.1 Å². The molecule has 1 N–H and O–H groups in total. The van der Waals surface area contributed by atoms with Crippen LogP contribution >= 0.6 is 11.3 Å². The van der Waals surface area contributed by atoms with Gasteiger partial charge >= 0.3 is 5.97 Å². The molecule has 0 aliphatic heterocycles. The van der Waals surface area contributed by atoms with Gasteiger partial charge in [-0.1, -0.05) is 6.07 Å². The van der Waals surface area contributed by atoms with Crippen LogP contribution in [-0.2, 0) is 16.0 Å². The number of carbonyl (C=O) groups is 2. The molecule has 0 spiro atoms. The Kier molecular flexibility index (Phi) is 3.64. The van der Waals surface area contributed by atoms with Gasteiger partial charge in [0, 0.05) is 11.3 Å². The van der Waals surface area contributed by atoms with Crippen molar-refractivity contribution in [2.75, 3.05) is 0 Å². The van der Waals surface area contributed by atoms with Gasteiger partial charge in [-0.15, -0.1) is 11.3 Å². The second-order valence-electron chi connectivity index (χ2n) is 2.66. The van der Waals surface area contributed by atoms with Gasteiger partial charge in [0.15, 0.2) is 0 Å². The molecule has 1 rings (SSSR count). The molecular formula is C9H10O3S. The summed E-state index contributed by atoms with van der Waals surface area (Å²) in [6.07, 6.45) is 1.54. The van der Waals surface area contributed by atoms with E-state index in [9.17, 15) is 9.59 Å². The SMILES string of the molecule is O=C(O)C(=O)CCCc1cccs1. The van der Waals surface area contributed by atoms with E-state index in [0.717, 1.165) is 6.42 Å². The van der Waals surface area contributed by atoms with E-state index in [4.69, 9.17) is 5.11 Å². The summed E-state index contributed by atoms with van der Waals surface area (Å²) < 4.78 is 0. The zero-order chi connectivity index (χ0) is 9.68. The largest absolute Gasteiger partial charge is 0.476 e. The van der Waals surface area contributed by atoms with Gasteiger partial charge in [0.25, 0.3) is 0 Å². The maximum atomic E-state index is 10.7. The van der Waals surface area contributed by atoms with Gasteiger partial charge in [-0.25, -0.2) is 4.79 Å². The Hall–Kier alpha value is -1.16. The van der Waals surface area contributed by atoms with Crippen molar-refractivity contribution in [3.8, 4) is 0 Å². The summed E-state index contributed by atoms with van der Waals surface area (Å²) >= 11 is 1.62. The van der Waals surface area contributed by atoms with E-state index in [-0.39, 0.29) is 6.42 Å². The minimum atomic E-state index is -1.33. The van der Waals surface area contributed by atoms with E-state index in [2.05, 4.69) is 0 Å². The molecule has 0 aliphatic carbocycles. The van der Waals surface area contributed by atoms with Crippen LogP contribution in [0.25, 0.3) is 0 Å². The van der Waals surface area contributed by atoms with Crippen LogP contribution in [0, 0.1) is 0 Å². The summed E-state index contributed by atoms with van der Waals surface area (Å²) in [6, 6.07) is 3.93. The third kappa shape index (κ3) is 3.38. The molecule has 0 fully saturated rings. The number of carboxylic acid groups (broad SMARTS) is 1. The number of hydrogen-bond acceptors (Lipinski definition) is 3. The molecule has 0 radical (unpaired) electrons. The lowest BCUT2D eigenvalue weighted by Crippen LogP contribution is -2.11. The quantitative estimate of drug-likeness (QED) is 0.733. The Morgan fingerprint density at radius 2 is 2.23 bits per heavy atom. The zero-order valence-corrected chi connectivity index (χ0v) is 7.84. The zero-order valence-electron chi connectivity index (χ0n) is 7.03. The topological polar surface area (TPSA) is 54.4 Å². The summed E-state index contributed by atoms with van der Waals surface area (Å²) in [5, 5.41) is 10.3. The van der Waals surface area contributed by atoms with E-state index in [1.54, 1.807) is 11.3 Å². The van der Waals surface area contributed by atoms with Crippen LogP contribution in [0.3, 0.4) is 0 Å². The monoisotopic (exact) mass is 198 g/mol. The molecule has 0 aromatic carbocycles. The Morgan fingerprint density at radius 1 is 1.46 bits per heavy atom. The van der Waals surface area contributed by atoms with Gasteiger partial charge < -0.3 is 5.11 Å². The number of carbonyl (C=O) groups excluding carboxylic acids is 1. The molecule has 13 heavy (non-hydrogen) atoms. The Morgan fingerprint density at radius 3 is 2.77 bits per heavy atom. The van der Waals surface area contributed by atoms with Crippen molar-refractivity contribution in [2.24, 2.45) is 0 Å². The highest BCUT2D eigenvalue weighted by Gasteiger charge is 2.10. The van der Waals surface area contributed by atoms with Gasteiger partial charge in [0.2, 0.25) is 5.78 Å². The number of aryl methyl sites for hydroxylation is 1. The molecule has 0 saturated heterocycles. The van der Waals surface area contributed by atoms with Gasteiger partial charge in [-0.2, -0.15) is 0 Å². The highest BCUT2D eigenvalue weighted by atomic mass is 32.1. The molecule has 1 aromatic rings. The van der Waals surface area contributed by atoms with Crippen LogP contribution in [0.2, 0.25) is 0 Å². The first-order valence-electron chi connectivity index (χ1n) is 3.98. The van der Waals surface area contributed by atoms with E-state index in [0.29, 0.717) is 6.42 Å². The highest BCUT2D eigenvalue weighted by molar-refractivity contribution is 7.09. The fourth-order valence-electron chi connectivity index (χ4n) is 0.985. The minimum Gasteiger partial charge on any atom is -0.476 e. The number of thiophene rings is 1. The first kappa shape index (κ1) is 9.92. The van der Waals surface area contributed by atoms with Crippen LogP contribution in [0.5, 0.6) is 0 Å². The maximum absolute atomic E-state index is 10.7. The summed E-state index contributed by atoms with van der Waals surface area (Å²) in [7, 11) is 0. The number of hydrogen-bond donors (Lipinski definition) is 1. The third-order valence-corrected chi connectivity index (χ3v) is 2.58. The Balaban J connectivity index is 2.22. The van der Waals surface area contributed by atoms with Crippen LogP contribution in [-0.4, -0.2) is 16.9 Å². The van der Waals surface area contributed by atoms with Crippen LogP contribution in [0.15, 0.2) is 17.5 Å². The average Bonchev–Trinajstić information content (AvgIpc) is 2.56. The third-order valence-electron chi connectivity index (χ3n) is 1.65. The average molecular weight is 198 g/mol. The fraction of sp³-hybridized carbons (Fsp3) is 0.333. The number of carboxylic acids is 1. The molecule has 0 bridgehead atoms. The maximum Gasteiger partial charge on any atom is 0.372 e. The summed E-state index contributed by atoms with van der Waals surface area (Å²) in [6.45, 7) is 0. The van der Waals surface area contributed by atoms with Gasteiger partial charge in [0.1, 0.15) is 0 Å². The molecule has 0 atom stereocenters. The summed E-state index contributed by atoms with van der Waals surface area (Å²) in [4.78, 5) is 22.0. The molecule has 0 aliphatic rings. The lowest BCUT2D eigenvalue weighted by Gasteiger charge is -1.94. The van der Waals surface area contributed by atoms with E-state index in [1.165, 1.54) is 4.88 Å². The van der Waals surface area contributed by atoms with E-state index < -0.39 is 11.8 Å². The second-order valence-corrected chi connectivity index (χ2v) is 3.69. The van der Waals surface area contributed by atoms with Crippen LogP contribution in [0.4, 0.5) is 0 Å².